The highest BCUT2D eigenvalue weighted by Crippen LogP contribution is 2.16. The van der Waals surface area contributed by atoms with Gasteiger partial charge in [-0.05, 0) is 29.8 Å². The van der Waals surface area contributed by atoms with Crippen LogP contribution in [-0.2, 0) is 11.3 Å². The number of ether oxygens (including phenoxy) is 1. The first-order valence-electron chi connectivity index (χ1n) is 6.36. The van der Waals surface area contributed by atoms with Gasteiger partial charge in [0.2, 0.25) is 0 Å². The van der Waals surface area contributed by atoms with Crippen molar-refractivity contribution in [1.29, 1.82) is 0 Å². The maximum Gasteiger partial charge on any atom is 0.308 e. The van der Waals surface area contributed by atoms with Crippen molar-refractivity contribution in [3.8, 4) is 5.75 Å². The van der Waals surface area contributed by atoms with Gasteiger partial charge in [-0.1, -0.05) is 35.9 Å². The van der Waals surface area contributed by atoms with Crippen LogP contribution in [0.5, 0.6) is 5.75 Å². The Morgan fingerprint density at radius 2 is 1.90 bits per heavy atom. The molecular weight excluding hydrogens is 290 g/mol. The number of halogens is 1. The Morgan fingerprint density at radius 1 is 1.14 bits per heavy atom. The van der Waals surface area contributed by atoms with Gasteiger partial charge in [-0.2, -0.15) is 0 Å². The monoisotopic (exact) mass is 303 g/mol. The highest BCUT2D eigenvalue weighted by atomic mass is 35.5. The molecule has 0 aliphatic rings. The first-order chi connectivity index (χ1) is 10.1. The third-order valence-corrected chi connectivity index (χ3v) is 3.12. The van der Waals surface area contributed by atoms with Crippen LogP contribution < -0.4 is 10.1 Å². The van der Waals surface area contributed by atoms with Gasteiger partial charge in [0.15, 0.2) is 0 Å². The van der Waals surface area contributed by atoms with Crippen molar-refractivity contribution in [2.45, 2.75) is 13.5 Å². The molecule has 0 aromatic heterocycles. The summed E-state index contributed by atoms with van der Waals surface area (Å²) >= 11 is 6.03. The summed E-state index contributed by atoms with van der Waals surface area (Å²) in [4.78, 5) is 23.0. The van der Waals surface area contributed by atoms with E-state index in [1.165, 1.54) is 13.0 Å². The van der Waals surface area contributed by atoms with E-state index in [9.17, 15) is 9.59 Å². The van der Waals surface area contributed by atoms with Gasteiger partial charge in [-0.3, -0.25) is 9.59 Å². The maximum atomic E-state index is 12.1. The smallest absolute Gasteiger partial charge is 0.308 e. The number of esters is 1. The Bertz CT molecular complexity index is 670. The van der Waals surface area contributed by atoms with Crippen LogP contribution >= 0.6 is 11.6 Å². The van der Waals surface area contributed by atoms with E-state index in [0.29, 0.717) is 22.9 Å². The minimum absolute atomic E-state index is 0.260. The first-order valence-corrected chi connectivity index (χ1v) is 6.74. The number of carbonyl (C=O) groups is 2. The van der Waals surface area contributed by atoms with E-state index in [1.54, 1.807) is 24.3 Å². The normalized spacial score (nSPS) is 10.0. The Hall–Kier alpha value is -2.33. The van der Waals surface area contributed by atoms with Gasteiger partial charge in [-0.25, -0.2) is 0 Å². The van der Waals surface area contributed by atoms with Crippen molar-refractivity contribution in [1.82, 2.24) is 5.32 Å². The molecule has 2 aromatic rings. The minimum atomic E-state index is -0.427. The lowest BCUT2D eigenvalue weighted by molar-refractivity contribution is -0.131. The molecule has 1 amide bonds. The van der Waals surface area contributed by atoms with Crippen molar-refractivity contribution >= 4 is 23.5 Å². The van der Waals surface area contributed by atoms with Crippen molar-refractivity contribution < 1.29 is 14.3 Å². The van der Waals surface area contributed by atoms with Crippen LogP contribution in [0.4, 0.5) is 0 Å². The van der Waals surface area contributed by atoms with Crippen molar-refractivity contribution in [3.05, 3.63) is 64.7 Å². The zero-order valence-corrected chi connectivity index (χ0v) is 12.2. The Morgan fingerprint density at radius 3 is 2.62 bits per heavy atom. The molecule has 0 aliphatic heterocycles. The quantitative estimate of drug-likeness (QED) is 0.697. The van der Waals surface area contributed by atoms with E-state index >= 15 is 0 Å². The second-order valence-corrected chi connectivity index (χ2v) is 4.80. The Labute approximate surface area is 127 Å². The van der Waals surface area contributed by atoms with E-state index in [1.807, 2.05) is 18.2 Å². The zero-order chi connectivity index (χ0) is 15.2. The molecule has 0 spiro atoms. The average Bonchev–Trinajstić information content (AvgIpc) is 2.45. The third kappa shape index (κ3) is 4.33. The van der Waals surface area contributed by atoms with Crippen LogP contribution in [-0.4, -0.2) is 11.9 Å². The van der Waals surface area contributed by atoms with E-state index < -0.39 is 5.97 Å². The summed E-state index contributed by atoms with van der Waals surface area (Å²) in [6.45, 7) is 1.64. The molecule has 0 atom stereocenters. The molecule has 0 fully saturated rings. The van der Waals surface area contributed by atoms with Crippen LogP contribution in [0.1, 0.15) is 22.8 Å². The molecule has 0 unspecified atom stereocenters. The lowest BCUT2D eigenvalue weighted by Crippen LogP contribution is -2.23. The molecule has 0 heterocycles. The Kier molecular flexibility index (Phi) is 4.95. The number of benzene rings is 2. The fourth-order valence-corrected chi connectivity index (χ4v) is 1.99. The molecule has 0 aliphatic carbocycles. The predicted molar refractivity (Wildman–Crippen MR) is 80.4 cm³/mol. The van der Waals surface area contributed by atoms with Crippen molar-refractivity contribution in [2.24, 2.45) is 0 Å². The van der Waals surface area contributed by atoms with Gasteiger partial charge in [-0.15, -0.1) is 0 Å². The number of nitrogens with one attached hydrogen (secondary N) is 1. The molecule has 0 bridgehead atoms. The number of amides is 1. The lowest BCUT2D eigenvalue weighted by atomic mass is 10.2. The molecule has 21 heavy (non-hydrogen) atoms. The minimum Gasteiger partial charge on any atom is -0.427 e. The second kappa shape index (κ2) is 6.90. The number of carbonyl (C=O) groups excluding carboxylic acids is 2. The van der Waals surface area contributed by atoms with Crippen LogP contribution in [0.15, 0.2) is 48.5 Å². The van der Waals surface area contributed by atoms with E-state index in [0.717, 1.165) is 5.56 Å². The molecule has 2 aromatic carbocycles. The summed E-state index contributed by atoms with van der Waals surface area (Å²) in [5.74, 6) is -0.347. The molecule has 0 radical (unpaired) electrons. The number of hydrogen-bond acceptors (Lipinski definition) is 3. The predicted octanol–water partition coefficient (Wildman–Crippen LogP) is 3.20. The molecule has 0 saturated carbocycles. The summed E-state index contributed by atoms with van der Waals surface area (Å²) in [6, 6.07) is 13.7. The summed E-state index contributed by atoms with van der Waals surface area (Å²) in [7, 11) is 0. The number of hydrogen-bond donors (Lipinski definition) is 1. The average molecular weight is 304 g/mol. The highest BCUT2D eigenvalue weighted by Gasteiger charge is 2.08. The van der Waals surface area contributed by atoms with Gasteiger partial charge in [0.1, 0.15) is 5.75 Å². The van der Waals surface area contributed by atoms with Crippen molar-refractivity contribution in [3.63, 3.8) is 0 Å². The molecular formula is C16H14ClNO3. The van der Waals surface area contributed by atoms with E-state index in [-0.39, 0.29) is 5.91 Å². The van der Waals surface area contributed by atoms with Crippen molar-refractivity contribution in [2.75, 3.05) is 0 Å². The van der Waals surface area contributed by atoms with E-state index in [2.05, 4.69) is 5.32 Å². The lowest BCUT2D eigenvalue weighted by Gasteiger charge is -2.08. The maximum absolute atomic E-state index is 12.1. The largest absolute Gasteiger partial charge is 0.427 e. The zero-order valence-electron chi connectivity index (χ0n) is 11.4. The SMILES string of the molecule is CC(=O)Oc1cccc(C(=O)NCc2ccccc2Cl)c1. The molecule has 108 valence electrons. The summed E-state index contributed by atoms with van der Waals surface area (Å²) in [6.07, 6.45) is 0. The topological polar surface area (TPSA) is 55.4 Å². The molecule has 5 heteroatoms. The van der Waals surface area contributed by atoms with Gasteiger partial charge in [0.05, 0.1) is 0 Å². The first kappa shape index (κ1) is 15.1. The summed E-state index contributed by atoms with van der Waals surface area (Å²) in [5, 5.41) is 3.38. The second-order valence-electron chi connectivity index (χ2n) is 4.40. The fraction of sp³-hybridized carbons (Fsp3) is 0.125. The highest BCUT2D eigenvalue weighted by molar-refractivity contribution is 6.31. The number of rotatable bonds is 4. The van der Waals surface area contributed by atoms with E-state index in [4.69, 9.17) is 16.3 Å². The van der Waals surface area contributed by atoms with Crippen LogP contribution in [0.25, 0.3) is 0 Å². The summed E-state index contributed by atoms with van der Waals surface area (Å²) < 4.78 is 4.95. The van der Waals surface area contributed by atoms with Gasteiger partial charge in [0, 0.05) is 24.1 Å². The Balaban J connectivity index is 2.03. The standard InChI is InChI=1S/C16H14ClNO3/c1-11(19)21-14-7-4-6-12(9-14)16(20)18-10-13-5-2-3-8-15(13)17/h2-9H,10H2,1H3,(H,18,20). The molecule has 0 saturated heterocycles. The van der Waals surface area contributed by atoms with Crippen LogP contribution in [0.3, 0.4) is 0 Å². The summed E-state index contributed by atoms with van der Waals surface area (Å²) in [5.41, 5.74) is 1.25. The van der Waals surface area contributed by atoms with Gasteiger partial charge >= 0.3 is 5.97 Å². The fourth-order valence-electron chi connectivity index (χ4n) is 1.79. The van der Waals surface area contributed by atoms with Gasteiger partial charge in [0.25, 0.3) is 5.91 Å². The third-order valence-electron chi connectivity index (χ3n) is 2.76. The molecule has 1 N–H and O–H groups in total. The molecule has 2 rings (SSSR count). The van der Waals surface area contributed by atoms with Crippen LogP contribution in [0, 0.1) is 0 Å². The molecule has 4 nitrogen and oxygen atoms in total. The van der Waals surface area contributed by atoms with Crippen LogP contribution in [0.2, 0.25) is 5.02 Å². The van der Waals surface area contributed by atoms with Gasteiger partial charge < -0.3 is 10.1 Å².